The van der Waals surface area contributed by atoms with E-state index in [9.17, 15) is 4.79 Å². The maximum atomic E-state index is 13.2. The second-order valence-electron chi connectivity index (χ2n) is 7.09. The van der Waals surface area contributed by atoms with Gasteiger partial charge in [-0.05, 0) is 43.5 Å². The summed E-state index contributed by atoms with van der Waals surface area (Å²) in [5.41, 5.74) is 4.24. The number of anilines is 1. The minimum absolute atomic E-state index is 0.185. The summed E-state index contributed by atoms with van der Waals surface area (Å²) in [6.07, 6.45) is 3.68. The van der Waals surface area contributed by atoms with Gasteiger partial charge in [-0.1, -0.05) is 59.4 Å². The molecule has 0 aliphatic rings. The van der Waals surface area contributed by atoms with Crippen LogP contribution >= 0.6 is 11.8 Å². The summed E-state index contributed by atoms with van der Waals surface area (Å²) in [5, 5.41) is 6.96. The van der Waals surface area contributed by atoms with Crippen molar-refractivity contribution >= 4 is 23.5 Å². The van der Waals surface area contributed by atoms with Crippen LogP contribution in [0.15, 0.2) is 76.7 Å². The largest absolute Gasteiger partial charge is 0.360 e. The number of rotatable bonds is 6. The van der Waals surface area contributed by atoms with Crippen LogP contribution in [0.25, 0.3) is 5.69 Å². The highest BCUT2D eigenvalue weighted by Gasteiger charge is 2.25. The van der Waals surface area contributed by atoms with E-state index in [-0.39, 0.29) is 5.91 Å². The second-order valence-corrected chi connectivity index (χ2v) is 8.16. The molecule has 0 bridgehead atoms. The summed E-state index contributed by atoms with van der Waals surface area (Å²) >= 11 is 1.40. The predicted molar refractivity (Wildman–Crippen MR) is 118 cm³/mol. The van der Waals surface area contributed by atoms with Crippen molar-refractivity contribution in [3.05, 3.63) is 89.4 Å². The number of hydrogen-bond donors (Lipinski definition) is 1. The molecule has 152 valence electrons. The number of nitrogens with zero attached hydrogens (tertiary/aromatic N) is 3. The molecule has 0 aliphatic carbocycles. The number of carbonyl (C=O) groups excluding carboxylic acids is 1. The van der Waals surface area contributed by atoms with Crippen molar-refractivity contribution in [2.75, 3.05) is 5.32 Å². The number of carbonyl (C=O) groups is 1. The lowest BCUT2D eigenvalue weighted by molar-refractivity contribution is -0.115. The molecule has 6 nitrogen and oxygen atoms in total. The average molecular weight is 419 g/mol. The van der Waals surface area contributed by atoms with E-state index in [1.54, 1.807) is 19.2 Å². The van der Waals surface area contributed by atoms with Crippen molar-refractivity contribution in [2.45, 2.75) is 31.2 Å². The molecule has 0 spiro atoms. The van der Waals surface area contributed by atoms with E-state index >= 15 is 0 Å². The van der Waals surface area contributed by atoms with Gasteiger partial charge in [0.05, 0.1) is 5.69 Å². The van der Waals surface area contributed by atoms with Crippen LogP contribution < -0.4 is 5.32 Å². The van der Waals surface area contributed by atoms with Crippen molar-refractivity contribution in [3.63, 3.8) is 0 Å². The first kappa shape index (κ1) is 20.0. The molecule has 0 saturated carbocycles. The fourth-order valence-electron chi connectivity index (χ4n) is 3.16. The van der Waals surface area contributed by atoms with E-state index < -0.39 is 5.25 Å². The van der Waals surface area contributed by atoms with Gasteiger partial charge < -0.3 is 9.84 Å². The van der Waals surface area contributed by atoms with Crippen LogP contribution in [0.4, 0.5) is 5.82 Å². The molecule has 2 aromatic heterocycles. The Labute approximate surface area is 179 Å². The molecule has 0 radical (unpaired) electrons. The van der Waals surface area contributed by atoms with Crippen molar-refractivity contribution in [1.29, 1.82) is 0 Å². The number of benzene rings is 2. The third kappa shape index (κ3) is 4.31. The highest BCUT2D eigenvalue weighted by atomic mass is 32.2. The third-order valence-corrected chi connectivity index (χ3v) is 5.91. The van der Waals surface area contributed by atoms with Crippen LogP contribution in [0.5, 0.6) is 0 Å². The average Bonchev–Trinajstić information content (AvgIpc) is 3.37. The molecule has 1 unspecified atom stereocenters. The molecule has 1 N–H and O–H groups in total. The van der Waals surface area contributed by atoms with Crippen LogP contribution in [-0.2, 0) is 4.79 Å². The van der Waals surface area contributed by atoms with E-state index in [0.29, 0.717) is 11.6 Å². The number of amides is 1. The molecule has 2 aromatic carbocycles. The zero-order valence-electron chi connectivity index (χ0n) is 17.0. The van der Waals surface area contributed by atoms with Gasteiger partial charge in [-0.15, -0.1) is 0 Å². The summed E-state index contributed by atoms with van der Waals surface area (Å²) in [5.74, 6) is 0.853. The smallest absolute Gasteiger partial charge is 0.243 e. The molecule has 1 amide bonds. The Kier molecular flexibility index (Phi) is 5.72. The van der Waals surface area contributed by atoms with Crippen molar-refractivity contribution in [1.82, 2.24) is 14.7 Å². The SMILES string of the molecule is Cc1ccc(C)c(-n2ccnc2SC(C(=O)Nc2cc(C)on2)c2ccccc2)c1. The number of thioether (sulfide) groups is 1. The number of aromatic nitrogens is 3. The molecule has 30 heavy (non-hydrogen) atoms. The maximum absolute atomic E-state index is 13.2. The van der Waals surface area contributed by atoms with E-state index in [4.69, 9.17) is 4.52 Å². The van der Waals surface area contributed by atoms with Crippen LogP contribution in [0.1, 0.15) is 27.7 Å². The van der Waals surface area contributed by atoms with Gasteiger partial charge in [0.2, 0.25) is 5.91 Å². The number of aryl methyl sites for hydroxylation is 3. The molecule has 7 heteroatoms. The minimum Gasteiger partial charge on any atom is -0.360 e. The summed E-state index contributed by atoms with van der Waals surface area (Å²) in [4.78, 5) is 17.7. The van der Waals surface area contributed by atoms with Gasteiger partial charge in [0, 0.05) is 18.5 Å². The van der Waals surface area contributed by atoms with Crippen molar-refractivity contribution in [3.8, 4) is 5.69 Å². The highest BCUT2D eigenvalue weighted by molar-refractivity contribution is 8.00. The van der Waals surface area contributed by atoms with Crippen LogP contribution in [-0.4, -0.2) is 20.6 Å². The first-order valence-electron chi connectivity index (χ1n) is 9.58. The molecule has 1 atom stereocenters. The third-order valence-electron chi connectivity index (χ3n) is 4.67. The monoisotopic (exact) mass is 418 g/mol. The van der Waals surface area contributed by atoms with Crippen molar-refractivity contribution in [2.24, 2.45) is 0 Å². The summed E-state index contributed by atoms with van der Waals surface area (Å²) in [6, 6.07) is 17.7. The summed E-state index contributed by atoms with van der Waals surface area (Å²) in [6.45, 7) is 5.91. The number of hydrogen-bond acceptors (Lipinski definition) is 5. The first-order chi connectivity index (χ1) is 14.5. The topological polar surface area (TPSA) is 73.0 Å². The van der Waals surface area contributed by atoms with Crippen LogP contribution in [0.3, 0.4) is 0 Å². The summed E-state index contributed by atoms with van der Waals surface area (Å²) in [7, 11) is 0. The van der Waals surface area contributed by atoms with Gasteiger partial charge in [0.25, 0.3) is 0 Å². The second kappa shape index (κ2) is 8.59. The highest BCUT2D eigenvalue weighted by Crippen LogP contribution is 2.36. The molecule has 4 rings (SSSR count). The normalized spacial score (nSPS) is 12.0. The first-order valence-corrected chi connectivity index (χ1v) is 10.5. The minimum atomic E-state index is -0.505. The number of imidazole rings is 1. The van der Waals surface area contributed by atoms with Gasteiger partial charge in [0.1, 0.15) is 11.0 Å². The van der Waals surface area contributed by atoms with Gasteiger partial charge in [-0.3, -0.25) is 9.36 Å². The van der Waals surface area contributed by atoms with E-state index in [2.05, 4.69) is 47.5 Å². The standard InChI is InChI=1S/C23H22N4O2S/c1-15-9-10-16(2)19(13-15)27-12-11-24-23(27)30-21(18-7-5-4-6-8-18)22(28)25-20-14-17(3)29-26-20/h4-14,21H,1-3H3,(H,25,26,28). The van der Waals surface area contributed by atoms with E-state index in [1.807, 2.05) is 41.1 Å². The molecule has 0 saturated heterocycles. The molecular formula is C23H22N4O2S. The molecule has 4 aromatic rings. The molecule has 2 heterocycles. The van der Waals surface area contributed by atoms with E-state index in [1.165, 1.54) is 17.3 Å². The molecule has 0 fully saturated rings. The fraction of sp³-hybridized carbons (Fsp3) is 0.174. The fourth-order valence-corrected chi connectivity index (χ4v) is 4.23. The zero-order valence-corrected chi connectivity index (χ0v) is 17.8. The Balaban J connectivity index is 1.67. The number of nitrogens with one attached hydrogen (secondary N) is 1. The maximum Gasteiger partial charge on any atom is 0.243 e. The summed E-state index contributed by atoms with van der Waals surface area (Å²) < 4.78 is 7.09. The van der Waals surface area contributed by atoms with Crippen molar-refractivity contribution < 1.29 is 9.32 Å². The Morgan fingerprint density at radius 1 is 1.10 bits per heavy atom. The van der Waals surface area contributed by atoms with Gasteiger partial charge in [-0.2, -0.15) is 0 Å². The Bertz CT molecular complexity index is 1170. The quantitative estimate of drug-likeness (QED) is 0.433. The predicted octanol–water partition coefficient (Wildman–Crippen LogP) is 5.26. The lowest BCUT2D eigenvalue weighted by Crippen LogP contribution is -2.19. The molecular weight excluding hydrogens is 396 g/mol. The molecule has 0 aliphatic heterocycles. The Morgan fingerprint density at radius 2 is 1.90 bits per heavy atom. The lowest BCUT2D eigenvalue weighted by atomic mass is 10.1. The van der Waals surface area contributed by atoms with Crippen LogP contribution in [0, 0.1) is 20.8 Å². The van der Waals surface area contributed by atoms with Gasteiger partial charge in [0.15, 0.2) is 11.0 Å². The van der Waals surface area contributed by atoms with Gasteiger partial charge >= 0.3 is 0 Å². The van der Waals surface area contributed by atoms with Crippen LogP contribution in [0.2, 0.25) is 0 Å². The van der Waals surface area contributed by atoms with Gasteiger partial charge in [-0.25, -0.2) is 4.98 Å². The lowest BCUT2D eigenvalue weighted by Gasteiger charge is -2.17. The van der Waals surface area contributed by atoms with E-state index in [0.717, 1.165) is 22.0 Å². The Hall–Kier alpha value is -3.32. The Morgan fingerprint density at radius 3 is 2.63 bits per heavy atom. The zero-order chi connectivity index (χ0) is 21.1.